The van der Waals surface area contributed by atoms with E-state index in [4.69, 9.17) is 10.5 Å². The van der Waals surface area contributed by atoms with Crippen molar-refractivity contribution in [1.82, 2.24) is 0 Å². The Balaban J connectivity index is 1.77. The Morgan fingerprint density at radius 1 is 1.05 bits per heavy atom. The molecule has 20 heavy (non-hydrogen) atoms. The average Bonchev–Trinajstić information content (AvgIpc) is 2.79. The minimum Gasteiger partial charge on any atom is -0.370 e. The van der Waals surface area contributed by atoms with Crippen LogP contribution in [-0.4, -0.2) is 44.2 Å². The largest absolute Gasteiger partial charge is 0.370 e. The van der Waals surface area contributed by atoms with Crippen LogP contribution in [0.1, 0.15) is 6.42 Å². The normalized spacial score (nSPS) is 23.6. The molecule has 6 heteroatoms. The Bertz CT molecular complexity index is 500. The van der Waals surface area contributed by atoms with Crippen LogP contribution in [0.15, 0.2) is 24.3 Å². The zero-order chi connectivity index (χ0) is 14.1. The van der Waals surface area contributed by atoms with Gasteiger partial charge in [0.05, 0.1) is 6.61 Å². The Hall–Kier alpha value is -1.92. The second kappa shape index (κ2) is 5.22. The molecule has 0 radical (unpaired) electrons. The molecule has 3 rings (SSSR count). The number of rotatable bonds is 2. The van der Waals surface area contributed by atoms with Gasteiger partial charge in [0, 0.05) is 36.9 Å². The first-order valence-electron chi connectivity index (χ1n) is 6.69. The fourth-order valence-corrected chi connectivity index (χ4v) is 2.59. The molecule has 0 aliphatic carbocycles. The monoisotopic (exact) mass is 275 g/mol. The quantitative estimate of drug-likeness (QED) is 0.831. The summed E-state index contributed by atoms with van der Waals surface area (Å²) in [4.78, 5) is 26.9. The minimum atomic E-state index is -0.0944. The molecule has 1 aromatic carbocycles. The van der Waals surface area contributed by atoms with Crippen LogP contribution in [0.25, 0.3) is 0 Å². The van der Waals surface area contributed by atoms with Crippen molar-refractivity contribution in [3.05, 3.63) is 24.3 Å². The number of carbonyl (C=O) groups excluding carboxylic acids is 2. The van der Waals surface area contributed by atoms with Gasteiger partial charge in [-0.2, -0.15) is 0 Å². The molecular weight excluding hydrogens is 258 g/mol. The molecule has 2 aliphatic rings. The fraction of sp³-hybridized carbons (Fsp3) is 0.429. The molecule has 106 valence electrons. The van der Waals surface area contributed by atoms with Crippen molar-refractivity contribution < 1.29 is 14.3 Å². The zero-order valence-electron chi connectivity index (χ0n) is 11.1. The van der Waals surface area contributed by atoms with Crippen molar-refractivity contribution in [3.63, 3.8) is 0 Å². The fourth-order valence-electron chi connectivity index (χ4n) is 2.59. The van der Waals surface area contributed by atoms with Crippen LogP contribution in [0.2, 0.25) is 0 Å². The summed E-state index contributed by atoms with van der Waals surface area (Å²) in [6, 6.07) is 7.33. The van der Waals surface area contributed by atoms with Crippen molar-refractivity contribution in [2.24, 2.45) is 5.73 Å². The third-order valence-electron chi connectivity index (χ3n) is 3.61. The standard InChI is InChI=1S/C14H17N3O3/c15-10-7-13(18)17(8-10)12-3-1-11(2-4-12)16-5-6-20-9-14(16)19/h1-4,10H,5-9,15H2. The maximum atomic E-state index is 11.8. The Morgan fingerprint density at radius 3 is 2.25 bits per heavy atom. The van der Waals surface area contributed by atoms with E-state index in [1.807, 2.05) is 24.3 Å². The maximum absolute atomic E-state index is 11.8. The molecule has 1 aromatic rings. The molecular formula is C14H17N3O3. The van der Waals surface area contributed by atoms with E-state index in [-0.39, 0.29) is 24.5 Å². The number of hydrogen-bond acceptors (Lipinski definition) is 4. The van der Waals surface area contributed by atoms with Crippen LogP contribution in [0.5, 0.6) is 0 Å². The lowest BCUT2D eigenvalue weighted by Gasteiger charge is -2.27. The van der Waals surface area contributed by atoms with Gasteiger partial charge in [-0.3, -0.25) is 9.59 Å². The summed E-state index contributed by atoms with van der Waals surface area (Å²) in [7, 11) is 0. The first kappa shape index (κ1) is 13.1. The van der Waals surface area contributed by atoms with E-state index in [1.54, 1.807) is 9.80 Å². The van der Waals surface area contributed by atoms with Crippen molar-refractivity contribution in [1.29, 1.82) is 0 Å². The SMILES string of the molecule is NC1CC(=O)N(c2ccc(N3CCOCC3=O)cc2)C1. The maximum Gasteiger partial charge on any atom is 0.253 e. The number of nitrogens with zero attached hydrogens (tertiary/aromatic N) is 2. The van der Waals surface area contributed by atoms with Crippen LogP contribution in [0.4, 0.5) is 11.4 Å². The number of nitrogens with two attached hydrogens (primary N) is 1. The van der Waals surface area contributed by atoms with E-state index in [0.29, 0.717) is 26.1 Å². The van der Waals surface area contributed by atoms with Crippen LogP contribution in [0, 0.1) is 0 Å². The highest BCUT2D eigenvalue weighted by molar-refractivity contribution is 5.97. The molecule has 1 unspecified atom stereocenters. The summed E-state index contributed by atoms with van der Waals surface area (Å²) in [5, 5.41) is 0. The van der Waals surface area contributed by atoms with Crippen molar-refractivity contribution in [2.75, 3.05) is 36.1 Å². The lowest BCUT2D eigenvalue weighted by atomic mass is 10.2. The van der Waals surface area contributed by atoms with Gasteiger partial charge in [-0.25, -0.2) is 0 Å². The number of carbonyl (C=O) groups is 2. The first-order chi connectivity index (χ1) is 9.65. The van der Waals surface area contributed by atoms with Crippen LogP contribution in [-0.2, 0) is 14.3 Å². The molecule has 2 aliphatic heterocycles. The summed E-state index contributed by atoms with van der Waals surface area (Å²) >= 11 is 0. The van der Waals surface area contributed by atoms with E-state index in [9.17, 15) is 9.59 Å². The minimum absolute atomic E-state index is 0.0386. The zero-order valence-corrected chi connectivity index (χ0v) is 11.1. The van der Waals surface area contributed by atoms with Gasteiger partial charge in [-0.1, -0.05) is 0 Å². The van der Waals surface area contributed by atoms with Gasteiger partial charge in [-0.05, 0) is 24.3 Å². The Morgan fingerprint density at radius 2 is 1.70 bits per heavy atom. The van der Waals surface area contributed by atoms with E-state index < -0.39 is 0 Å². The number of morpholine rings is 1. The number of anilines is 2. The third kappa shape index (κ3) is 2.39. The Kier molecular flexibility index (Phi) is 3.42. The molecule has 0 spiro atoms. The lowest BCUT2D eigenvalue weighted by molar-refractivity contribution is -0.125. The molecule has 2 N–H and O–H groups in total. The predicted molar refractivity (Wildman–Crippen MR) is 74.6 cm³/mol. The van der Waals surface area contributed by atoms with Crippen LogP contribution in [0.3, 0.4) is 0 Å². The van der Waals surface area contributed by atoms with Crippen molar-refractivity contribution in [2.45, 2.75) is 12.5 Å². The van der Waals surface area contributed by atoms with Gasteiger partial charge >= 0.3 is 0 Å². The molecule has 2 fully saturated rings. The molecule has 2 saturated heterocycles. The molecule has 0 saturated carbocycles. The van der Waals surface area contributed by atoms with Gasteiger partial charge in [0.2, 0.25) is 5.91 Å². The number of ether oxygens (including phenoxy) is 1. The van der Waals surface area contributed by atoms with Gasteiger partial charge in [0.25, 0.3) is 5.91 Å². The van der Waals surface area contributed by atoms with Gasteiger partial charge in [-0.15, -0.1) is 0 Å². The summed E-state index contributed by atoms with van der Waals surface area (Å²) in [6.45, 7) is 1.79. The van der Waals surface area contributed by atoms with Crippen LogP contribution >= 0.6 is 0 Å². The molecule has 6 nitrogen and oxygen atoms in total. The van der Waals surface area contributed by atoms with Gasteiger partial charge < -0.3 is 20.3 Å². The molecule has 0 aromatic heterocycles. The number of benzene rings is 1. The highest BCUT2D eigenvalue weighted by atomic mass is 16.5. The first-order valence-corrected chi connectivity index (χ1v) is 6.69. The molecule has 1 atom stereocenters. The Labute approximate surface area is 117 Å². The number of hydrogen-bond donors (Lipinski definition) is 1. The molecule has 2 amide bonds. The van der Waals surface area contributed by atoms with E-state index in [1.165, 1.54) is 0 Å². The van der Waals surface area contributed by atoms with Crippen LogP contribution < -0.4 is 15.5 Å². The van der Waals surface area contributed by atoms with Gasteiger partial charge in [0.1, 0.15) is 6.61 Å². The smallest absolute Gasteiger partial charge is 0.253 e. The summed E-state index contributed by atoms with van der Waals surface area (Å²) in [6.07, 6.45) is 0.393. The topological polar surface area (TPSA) is 75.9 Å². The van der Waals surface area contributed by atoms with Gasteiger partial charge in [0.15, 0.2) is 0 Å². The number of amides is 2. The van der Waals surface area contributed by atoms with E-state index in [0.717, 1.165) is 11.4 Å². The van der Waals surface area contributed by atoms with E-state index in [2.05, 4.69) is 0 Å². The van der Waals surface area contributed by atoms with Crippen molar-refractivity contribution in [3.8, 4) is 0 Å². The third-order valence-corrected chi connectivity index (χ3v) is 3.61. The molecule has 2 heterocycles. The molecule has 0 bridgehead atoms. The highest BCUT2D eigenvalue weighted by Crippen LogP contribution is 2.25. The summed E-state index contributed by atoms with van der Waals surface area (Å²) in [5.41, 5.74) is 7.45. The van der Waals surface area contributed by atoms with E-state index >= 15 is 0 Å². The lowest BCUT2D eigenvalue weighted by Crippen LogP contribution is -2.41. The second-order valence-corrected chi connectivity index (χ2v) is 5.08. The predicted octanol–water partition coefficient (Wildman–Crippen LogP) is 0.114. The van der Waals surface area contributed by atoms with Crippen molar-refractivity contribution >= 4 is 23.2 Å². The average molecular weight is 275 g/mol. The highest BCUT2D eigenvalue weighted by Gasteiger charge is 2.28. The summed E-state index contributed by atoms with van der Waals surface area (Å²) in [5.74, 6) is 0.0102. The summed E-state index contributed by atoms with van der Waals surface area (Å²) < 4.78 is 5.11. The second-order valence-electron chi connectivity index (χ2n) is 5.08.